The van der Waals surface area contributed by atoms with E-state index in [1.54, 1.807) is 18.1 Å². The van der Waals surface area contributed by atoms with E-state index in [0.717, 1.165) is 35.2 Å². The molecule has 0 saturated carbocycles. The van der Waals surface area contributed by atoms with Gasteiger partial charge in [-0.1, -0.05) is 11.9 Å². The van der Waals surface area contributed by atoms with Gasteiger partial charge in [-0.25, -0.2) is 9.29 Å². The monoisotopic (exact) mass is 324 g/mol. The van der Waals surface area contributed by atoms with Gasteiger partial charge in [-0.15, -0.1) is 0 Å². The molecule has 0 bridgehead atoms. The van der Waals surface area contributed by atoms with Crippen LogP contribution in [0, 0.1) is 11.3 Å². The molecule has 4 rings (SSSR count). The maximum Gasteiger partial charge on any atom is 0.137 e. The Morgan fingerprint density at radius 2 is 2.30 bits per heavy atom. The van der Waals surface area contributed by atoms with E-state index in [2.05, 4.69) is 37.9 Å². The van der Waals surface area contributed by atoms with Gasteiger partial charge in [0.05, 0.1) is 18.7 Å². The highest BCUT2D eigenvalue weighted by molar-refractivity contribution is 7.96. The standard InChI is InChI=1S/C16H16N6S/c1-23-21-10-16(11-21,4-5-17)22-9-12(8-20-22)13-2-6-18-15-14(13)3-7-19-15/h2-3,6-9H,4,10-11H2,1H3,(H,18,19). The van der Waals surface area contributed by atoms with Gasteiger partial charge in [0.1, 0.15) is 11.2 Å². The number of fused-ring (bicyclic) bond motifs is 1. The lowest BCUT2D eigenvalue weighted by Gasteiger charge is -2.47. The number of H-pyrrole nitrogens is 1. The van der Waals surface area contributed by atoms with Crippen LogP contribution >= 0.6 is 11.9 Å². The molecule has 23 heavy (non-hydrogen) atoms. The van der Waals surface area contributed by atoms with E-state index in [1.165, 1.54) is 0 Å². The number of aromatic amines is 1. The van der Waals surface area contributed by atoms with Gasteiger partial charge in [0.15, 0.2) is 0 Å². The van der Waals surface area contributed by atoms with Crippen molar-refractivity contribution in [3.05, 3.63) is 36.9 Å². The summed E-state index contributed by atoms with van der Waals surface area (Å²) in [6.07, 6.45) is 10.2. The van der Waals surface area contributed by atoms with Crippen LogP contribution in [0.5, 0.6) is 0 Å². The molecule has 1 saturated heterocycles. The molecule has 3 aromatic heterocycles. The van der Waals surface area contributed by atoms with Gasteiger partial charge in [0.2, 0.25) is 0 Å². The lowest BCUT2D eigenvalue weighted by Crippen LogP contribution is -2.59. The van der Waals surface area contributed by atoms with Crippen LogP contribution in [0.3, 0.4) is 0 Å². The van der Waals surface area contributed by atoms with Crippen LogP contribution in [0.15, 0.2) is 36.9 Å². The van der Waals surface area contributed by atoms with Crippen molar-refractivity contribution >= 4 is 23.0 Å². The Labute approximate surface area is 138 Å². The lowest BCUT2D eigenvalue weighted by atomic mass is 9.89. The summed E-state index contributed by atoms with van der Waals surface area (Å²) in [5.74, 6) is 0. The van der Waals surface area contributed by atoms with Crippen molar-refractivity contribution in [2.24, 2.45) is 0 Å². The molecule has 7 heteroatoms. The average Bonchev–Trinajstić information content (AvgIpc) is 3.18. The molecule has 1 aliphatic rings. The fourth-order valence-corrected chi connectivity index (χ4v) is 3.90. The summed E-state index contributed by atoms with van der Waals surface area (Å²) in [6.45, 7) is 1.69. The SMILES string of the molecule is CSN1CC(CC#N)(n2cc(-c3ccnc4[nH]ccc34)cn2)C1. The average molecular weight is 324 g/mol. The molecule has 1 aliphatic heterocycles. The zero-order chi connectivity index (χ0) is 15.9. The van der Waals surface area contributed by atoms with Crippen LogP contribution in [0.4, 0.5) is 0 Å². The molecule has 3 aromatic rings. The van der Waals surface area contributed by atoms with Crippen molar-refractivity contribution < 1.29 is 0 Å². The normalized spacial score (nSPS) is 17.0. The second-order valence-corrected chi connectivity index (χ2v) is 6.69. The first-order valence-electron chi connectivity index (χ1n) is 7.39. The minimum atomic E-state index is -0.208. The Balaban J connectivity index is 1.72. The van der Waals surface area contributed by atoms with E-state index < -0.39 is 0 Å². The Kier molecular flexibility index (Phi) is 3.36. The third-order valence-electron chi connectivity index (χ3n) is 4.45. The van der Waals surface area contributed by atoms with Gasteiger partial charge < -0.3 is 4.98 Å². The quantitative estimate of drug-likeness (QED) is 0.747. The van der Waals surface area contributed by atoms with Crippen LogP contribution in [0.2, 0.25) is 0 Å². The minimum Gasteiger partial charge on any atom is -0.346 e. The number of nitriles is 1. The molecule has 0 amide bonds. The molecule has 116 valence electrons. The molecule has 0 aliphatic carbocycles. The number of nitrogens with one attached hydrogen (secondary N) is 1. The third-order valence-corrected chi connectivity index (χ3v) is 5.22. The van der Waals surface area contributed by atoms with Crippen LogP contribution in [0.1, 0.15) is 6.42 Å². The molecule has 0 spiro atoms. The molecular formula is C16H16N6S. The van der Waals surface area contributed by atoms with Gasteiger partial charge in [-0.3, -0.25) is 4.68 Å². The first kappa shape index (κ1) is 14.3. The largest absolute Gasteiger partial charge is 0.346 e. The van der Waals surface area contributed by atoms with Crippen LogP contribution in [-0.2, 0) is 5.54 Å². The number of pyridine rings is 1. The number of hydrogen-bond acceptors (Lipinski definition) is 5. The van der Waals surface area contributed by atoms with Crippen molar-refractivity contribution in [2.75, 3.05) is 19.3 Å². The van der Waals surface area contributed by atoms with Crippen molar-refractivity contribution in [1.82, 2.24) is 24.1 Å². The summed E-state index contributed by atoms with van der Waals surface area (Å²) in [5.41, 5.74) is 2.83. The highest BCUT2D eigenvalue weighted by Gasteiger charge is 2.45. The van der Waals surface area contributed by atoms with Crippen molar-refractivity contribution in [2.45, 2.75) is 12.0 Å². The Bertz CT molecular complexity index is 883. The first-order chi connectivity index (χ1) is 11.3. The van der Waals surface area contributed by atoms with Gasteiger partial charge in [-0.05, 0) is 24.0 Å². The molecule has 0 unspecified atom stereocenters. The summed E-state index contributed by atoms with van der Waals surface area (Å²) >= 11 is 1.71. The second-order valence-electron chi connectivity index (χ2n) is 5.81. The van der Waals surface area contributed by atoms with E-state index in [4.69, 9.17) is 0 Å². The highest BCUT2D eigenvalue weighted by atomic mass is 32.2. The predicted octanol–water partition coefficient (Wildman–Crippen LogP) is 2.63. The predicted molar refractivity (Wildman–Crippen MR) is 90.6 cm³/mol. The third kappa shape index (κ3) is 2.22. The molecule has 1 N–H and O–H groups in total. The summed E-state index contributed by atoms with van der Waals surface area (Å²) in [5, 5.41) is 14.8. The van der Waals surface area contributed by atoms with Crippen molar-refractivity contribution in [3.63, 3.8) is 0 Å². The summed E-state index contributed by atoms with van der Waals surface area (Å²) in [6, 6.07) is 6.35. The van der Waals surface area contributed by atoms with Crippen molar-refractivity contribution in [3.8, 4) is 17.2 Å². The molecule has 1 fully saturated rings. The molecule has 0 aromatic carbocycles. The molecule has 6 nitrogen and oxygen atoms in total. The lowest BCUT2D eigenvalue weighted by molar-refractivity contribution is 0.0815. The number of aromatic nitrogens is 4. The fraction of sp³-hybridized carbons (Fsp3) is 0.312. The molecule has 0 radical (unpaired) electrons. The fourth-order valence-electron chi connectivity index (χ4n) is 3.16. The summed E-state index contributed by atoms with van der Waals surface area (Å²) in [7, 11) is 0. The molecule has 4 heterocycles. The van der Waals surface area contributed by atoms with E-state index in [-0.39, 0.29) is 5.54 Å². The first-order valence-corrected chi connectivity index (χ1v) is 8.57. The van der Waals surface area contributed by atoms with E-state index >= 15 is 0 Å². The Hall–Kier alpha value is -2.30. The number of rotatable bonds is 4. The van der Waals surface area contributed by atoms with Crippen molar-refractivity contribution in [1.29, 1.82) is 5.26 Å². The van der Waals surface area contributed by atoms with E-state index in [1.807, 2.05) is 29.2 Å². The Morgan fingerprint density at radius 3 is 3.09 bits per heavy atom. The van der Waals surface area contributed by atoms with Crippen LogP contribution < -0.4 is 0 Å². The maximum absolute atomic E-state index is 9.20. The summed E-state index contributed by atoms with van der Waals surface area (Å²) < 4.78 is 4.21. The molecule has 0 atom stereocenters. The number of hydrogen-bond donors (Lipinski definition) is 1. The highest BCUT2D eigenvalue weighted by Crippen LogP contribution is 2.37. The van der Waals surface area contributed by atoms with E-state index in [0.29, 0.717) is 6.42 Å². The second kappa shape index (κ2) is 5.41. The van der Waals surface area contributed by atoms with Gasteiger partial charge >= 0.3 is 0 Å². The number of nitrogens with zero attached hydrogens (tertiary/aromatic N) is 5. The molecular weight excluding hydrogens is 308 g/mol. The van der Waals surface area contributed by atoms with Gasteiger partial charge in [0, 0.05) is 42.6 Å². The summed E-state index contributed by atoms with van der Waals surface area (Å²) in [4.78, 5) is 7.46. The van der Waals surface area contributed by atoms with Gasteiger partial charge in [0.25, 0.3) is 0 Å². The van der Waals surface area contributed by atoms with Crippen LogP contribution in [-0.4, -0.2) is 43.4 Å². The zero-order valence-electron chi connectivity index (χ0n) is 12.7. The topological polar surface area (TPSA) is 73.5 Å². The zero-order valence-corrected chi connectivity index (χ0v) is 13.5. The Morgan fingerprint density at radius 1 is 1.43 bits per heavy atom. The smallest absolute Gasteiger partial charge is 0.137 e. The van der Waals surface area contributed by atoms with Gasteiger partial charge in [-0.2, -0.15) is 10.4 Å². The maximum atomic E-state index is 9.20. The van der Waals surface area contributed by atoms with Crippen LogP contribution in [0.25, 0.3) is 22.2 Å². The van der Waals surface area contributed by atoms with E-state index in [9.17, 15) is 5.26 Å². The minimum absolute atomic E-state index is 0.208.